The van der Waals surface area contributed by atoms with Crippen molar-refractivity contribution in [3.05, 3.63) is 240 Å². The monoisotopic (exact) mass is 1840 g/mol. The third-order valence-corrected chi connectivity index (χ3v) is 18.0. The molecule has 0 aliphatic carbocycles. The Morgan fingerprint density at radius 1 is 0.438 bits per heavy atom. The number of nitrogens with one attached hydrogen (secondary N) is 2. The van der Waals surface area contributed by atoms with Crippen molar-refractivity contribution >= 4 is 128 Å². The van der Waals surface area contributed by atoms with Crippen molar-refractivity contribution in [1.82, 2.24) is 66.7 Å². The van der Waals surface area contributed by atoms with Crippen LogP contribution in [0.5, 0.6) is 52.5 Å². The Bertz CT molecular complexity index is 5600. The molecule has 6 aromatic heterocycles. The van der Waals surface area contributed by atoms with E-state index in [9.17, 15) is 68.3 Å². The molecular formula is C70H66Br3Cl4F9N14O12. The molecule has 0 saturated carbocycles. The summed E-state index contributed by atoms with van der Waals surface area (Å²) in [5, 5.41) is 6.77. The van der Waals surface area contributed by atoms with E-state index in [2.05, 4.69) is 87.3 Å². The second-order valence-electron chi connectivity index (χ2n) is 23.5. The molecule has 112 heavy (non-hydrogen) atoms. The van der Waals surface area contributed by atoms with Crippen molar-refractivity contribution in [2.75, 3.05) is 50.7 Å². The Kier molecular flexibility index (Phi) is 31.8. The third kappa shape index (κ3) is 24.2. The minimum absolute atomic E-state index is 0. The molecule has 0 radical (unpaired) electrons. The molecule has 12 rings (SSSR count). The number of benzene rings is 6. The molecule has 0 spiro atoms. The average molecular weight is 1850 g/mol. The maximum Gasteiger partial charge on any atom is 0.573 e. The van der Waals surface area contributed by atoms with E-state index in [4.69, 9.17) is 49.0 Å². The van der Waals surface area contributed by atoms with Crippen molar-refractivity contribution < 1.29 is 67.9 Å². The van der Waals surface area contributed by atoms with Crippen LogP contribution in [0.25, 0.3) is 33.5 Å². The number of alkyl halides is 12. The van der Waals surface area contributed by atoms with Crippen LogP contribution >= 0.6 is 95.0 Å². The molecular weight excluding hydrogens is 1780 g/mol. The van der Waals surface area contributed by atoms with Gasteiger partial charge in [-0.25, -0.2) is 14.4 Å². The largest absolute Gasteiger partial charge is 0.573 e. The lowest BCUT2D eigenvalue weighted by Crippen LogP contribution is -2.41. The molecule has 6 heterocycles. The number of H-pyrrole nitrogens is 1. The van der Waals surface area contributed by atoms with Crippen molar-refractivity contribution in [3.8, 4) is 52.5 Å². The number of aromatic nitrogens is 12. The highest BCUT2D eigenvalue weighted by molar-refractivity contribution is 9.12. The van der Waals surface area contributed by atoms with E-state index in [0.717, 1.165) is 77.5 Å². The molecule has 0 atom stereocenters. The van der Waals surface area contributed by atoms with E-state index < -0.39 is 70.1 Å². The molecule has 0 unspecified atom stereocenters. The van der Waals surface area contributed by atoms with Gasteiger partial charge in [-0.15, -0.1) is 51.9 Å². The maximum atomic E-state index is 13.5. The van der Waals surface area contributed by atoms with Crippen LogP contribution in [-0.2, 0) is 53.9 Å². The number of nitrogens with zero attached hydrogens (tertiary/aromatic N) is 12. The van der Waals surface area contributed by atoms with Crippen molar-refractivity contribution in [3.63, 3.8) is 0 Å². The average Bonchev–Trinajstić information content (AvgIpc) is 1.57. The second-order valence-corrected chi connectivity index (χ2v) is 27.2. The van der Waals surface area contributed by atoms with Crippen LogP contribution in [0.3, 0.4) is 0 Å². The summed E-state index contributed by atoms with van der Waals surface area (Å²) in [4.78, 5) is 94.0. The molecule has 0 aliphatic heterocycles. The lowest BCUT2D eigenvalue weighted by molar-refractivity contribution is -0.275. The Morgan fingerprint density at radius 2 is 0.732 bits per heavy atom. The van der Waals surface area contributed by atoms with Crippen molar-refractivity contribution in [2.45, 2.75) is 51.8 Å². The first-order valence-electron chi connectivity index (χ1n) is 32.3. The lowest BCUT2D eigenvalue weighted by Gasteiger charge is -2.13. The zero-order valence-corrected chi connectivity index (χ0v) is 67.4. The summed E-state index contributed by atoms with van der Waals surface area (Å²) in [6.07, 6.45) is -14.6. The van der Waals surface area contributed by atoms with Gasteiger partial charge in [0.15, 0.2) is 33.5 Å². The molecule has 6 aromatic carbocycles. The number of halogens is 16. The Hall–Kier alpha value is -9.54. The first kappa shape index (κ1) is 89.7. The Morgan fingerprint density at radius 3 is 1.03 bits per heavy atom. The van der Waals surface area contributed by atoms with E-state index in [1.165, 1.54) is 80.4 Å². The molecule has 42 heteroatoms. The minimum Gasteiger partial charge on any atom is -0.425 e. The summed E-state index contributed by atoms with van der Waals surface area (Å²) in [6, 6.07) is 34.9. The zero-order valence-electron chi connectivity index (χ0n) is 59.6. The standard InChI is InChI=1S/C24H23ClF3N5O4.C22H17BrClF3N4O4.C20H14ClF3N4O4.C2H4Br2.C2H7N.ClH/c1-30(2)11-12-32-21(34)19-20(31(3)23(32)35)29-22(33(19)14-15-7-9-16(25)10-8-15)36-17-5-4-6-18(13-17)37-24(26,27)28;1-29-18-17(19(32)30(10-9-23)21(29)33)31(12-13-5-7-14(24)8-6-13)20(28-18)34-15-3-2-4-16(11-15)35-22(25,26)27;1-27-16-15(17(29)26-18(27)30)28(10-11-5-7-12(21)8-6-11)19(25-16)31-13-3-2-4-14(9-13)32-20(22,23)24;3-1-2-4;1-3-2;/h4-10,13H,11-12,14H2,1-3H3;2-8,11H,9-10,12H2,1H3;2-9H,10H2,1H3,(H,26,29,30);1-2H2;3H,1-2H3;1H. The van der Waals surface area contributed by atoms with Gasteiger partial charge < -0.3 is 38.6 Å². The zero-order chi connectivity index (χ0) is 81.4. The van der Waals surface area contributed by atoms with Gasteiger partial charge in [0, 0.05) is 90.0 Å². The van der Waals surface area contributed by atoms with E-state index >= 15 is 0 Å². The molecule has 0 fully saturated rings. The second kappa shape index (κ2) is 39.8. The number of aromatic amines is 1. The van der Waals surface area contributed by atoms with Crippen LogP contribution in [0.2, 0.25) is 15.1 Å². The number of hydrogen-bond donors (Lipinski definition) is 2. The number of likely N-dealkylation sites (N-methyl/N-ethyl adjacent to an activating group) is 1. The highest BCUT2D eigenvalue weighted by atomic mass is 79.9. The maximum absolute atomic E-state index is 13.5. The summed E-state index contributed by atoms with van der Waals surface area (Å²) in [5.41, 5.74) is -0.949. The lowest BCUT2D eigenvalue weighted by atomic mass is 10.2. The fourth-order valence-corrected chi connectivity index (χ4v) is 10.9. The normalized spacial score (nSPS) is 11.3. The van der Waals surface area contributed by atoms with Crippen LogP contribution in [0.1, 0.15) is 16.7 Å². The fourth-order valence-electron chi connectivity index (χ4n) is 10.2. The van der Waals surface area contributed by atoms with Gasteiger partial charge in [-0.2, -0.15) is 15.0 Å². The van der Waals surface area contributed by atoms with Crippen LogP contribution in [-0.4, -0.2) is 131 Å². The van der Waals surface area contributed by atoms with Gasteiger partial charge in [-0.3, -0.25) is 55.9 Å². The fraction of sp³-hybridized carbons (Fsp3) is 0.271. The summed E-state index contributed by atoms with van der Waals surface area (Å²) in [5.74, 6) is -1.48. The smallest absolute Gasteiger partial charge is 0.425 e. The number of hydrogen-bond acceptors (Lipinski definition) is 17. The first-order valence-corrected chi connectivity index (χ1v) is 36.8. The molecule has 0 bridgehead atoms. The third-order valence-electron chi connectivity index (χ3n) is 15.0. The number of aryl methyl sites for hydroxylation is 3. The summed E-state index contributed by atoms with van der Waals surface area (Å²) in [7, 11) is 11.8. The summed E-state index contributed by atoms with van der Waals surface area (Å²) >= 11 is 27.5. The molecule has 2 N–H and O–H groups in total. The molecule has 0 saturated heterocycles. The molecule has 600 valence electrons. The molecule has 12 aromatic rings. The van der Waals surface area contributed by atoms with Gasteiger partial charge in [-0.05, 0) is 118 Å². The van der Waals surface area contributed by atoms with Crippen LogP contribution in [0, 0.1) is 0 Å². The number of imidazole rings is 3. The highest BCUT2D eigenvalue weighted by Crippen LogP contribution is 2.35. The SMILES string of the molecule is BrCCBr.CN(C)CCn1c(=O)c2c(nc(Oc3cccc(OC(F)(F)F)c3)n2Cc2ccc(Cl)cc2)n(C)c1=O.CNC.Cl.Cn1c(=O)[nH]c(=O)c2c1nc(Oc1cccc(OC(F)(F)F)c1)n2Cc1ccc(Cl)cc1.Cn1c(=O)n(CCBr)c(=O)c2c1nc(Oc1cccc(OC(F)(F)F)c1)n2Cc1ccc(Cl)cc1. The number of ether oxygens (including phenoxy) is 6. The summed E-state index contributed by atoms with van der Waals surface area (Å²) < 4.78 is 153. The number of rotatable bonds is 21. The van der Waals surface area contributed by atoms with E-state index in [-0.39, 0.29) is 114 Å². The molecule has 26 nitrogen and oxygen atoms in total. The van der Waals surface area contributed by atoms with E-state index in [0.29, 0.717) is 26.9 Å². The molecule has 0 aliphatic rings. The van der Waals surface area contributed by atoms with Gasteiger partial charge in [0.25, 0.3) is 16.7 Å². The molecule has 0 amide bonds. The minimum atomic E-state index is -4.88. The summed E-state index contributed by atoms with van der Waals surface area (Å²) in [6.45, 7) is 1.06. The van der Waals surface area contributed by atoms with Crippen molar-refractivity contribution in [1.29, 1.82) is 0 Å². The Balaban J connectivity index is 0.000000223. The van der Waals surface area contributed by atoms with E-state index in [1.807, 2.05) is 33.1 Å². The predicted molar refractivity (Wildman–Crippen MR) is 417 cm³/mol. The van der Waals surface area contributed by atoms with Gasteiger partial charge in [0.05, 0.1) is 19.6 Å². The van der Waals surface area contributed by atoms with E-state index in [1.54, 1.807) is 72.8 Å². The Labute approximate surface area is 674 Å². The highest BCUT2D eigenvalue weighted by Gasteiger charge is 2.34. The quantitative estimate of drug-likeness (QED) is 0.0500. The van der Waals surface area contributed by atoms with Gasteiger partial charge in [-0.1, -0.05) is 137 Å². The number of fused-ring (bicyclic) bond motifs is 3. The van der Waals surface area contributed by atoms with Gasteiger partial charge in [0.2, 0.25) is 0 Å². The topological polar surface area (TPSA) is 267 Å². The van der Waals surface area contributed by atoms with Gasteiger partial charge >= 0.3 is 54.2 Å². The van der Waals surface area contributed by atoms with Crippen LogP contribution in [0.4, 0.5) is 39.5 Å². The van der Waals surface area contributed by atoms with Crippen molar-refractivity contribution in [2.24, 2.45) is 21.1 Å². The predicted octanol–water partition coefficient (Wildman–Crippen LogP) is 14.4. The van der Waals surface area contributed by atoms with Crippen LogP contribution < -0.4 is 67.5 Å². The van der Waals surface area contributed by atoms with Crippen LogP contribution in [0.15, 0.2) is 174 Å². The first-order chi connectivity index (χ1) is 52.4. The van der Waals surface area contributed by atoms with Gasteiger partial charge in [0.1, 0.15) is 34.5 Å².